The lowest BCUT2D eigenvalue weighted by molar-refractivity contribution is 0.102. The van der Waals surface area contributed by atoms with E-state index in [0.717, 1.165) is 10.0 Å². The Bertz CT molecular complexity index is 1230. The SMILES string of the molecule is Nc1ccccc1NC(=O)c1ccc(Cn2c(=O)[nH]c3cc(Br)cnc32)cc1. The normalized spacial score (nSPS) is 10.9. The number of pyridine rings is 1. The fraction of sp³-hybridized carbons (Fsp3) is 0.0500. The van der Waals surface area contributed by atoms with Gasteiger partial charge in [0.25, 0.3) is 5.91 Å². The van der Waals surface area contributed by atoms with Crippen LogP contribution in [0.5, 0.6) is 0 Å². The van der Waals surface area contributed by atoms with E-state index in [0.29, 0.717) is 34.6 Å². The van der Waals surface area contributed by atoms with Gasteiger partial charge in [-0.1, -0.05) is 24.3 Å². The lowest BCUT2D eigenvalue weighted by Gasteiger charge is -2.09. The predicted molar refractivity (Wildman–Crippen MR) is 112 cm³/mol. The number of halogens is 1. The third kappa shape index (κ3) is 3.54. The number of nitrogens with one attached hydrogen (secondary N) is 2. The van der Waals surface area contributed by atoms with E-state index < -0.39 is 0 Å². The van der Waals surface area contributed by atoms with E-state index in [9.17, 15) is 9.59 Å². The van der Waals surface area contributed by atoms with Crippen LogP contribution in [0.2, 0.25) is 0 Å². The number of imidazole rings is 1. The van der Waals surface area contributed by atoms with Gasteiger partial charge in [0.15, 0.2) is 5.65 Å². The molecule has 0 saturated heterocycles. The van der Waals surface area contributed by atoms with Crippen LogP contribution < -0.4 is 16.7 Å². The van der Waals surface area contributed by atoms with Gasteiger partial charge in [0.05, 0.1) is 23.4 Å². The van der Waals surface area contributed by atoms with Gasteiger partial charge in [-0.15, -0.1) is 0 Å². The molecule has 0 fully saturated rings. The van der Waals surface area contributed by atoms with E-state index in [1.807, 2.05) is 18.2 Å². The number of nitrogen functional groups attached to an aromatic ring is 1. The molecule has 1 amide bonds. The molecule has 2 aromatic heterocycles. The molecule has 28 heavy (non-hydrogen) atoms. The maximum atomic E-state index is 12.4. The summed E-state index contributed by atoms with van der Waals surface area (Å²) in [7, 11) is 0. The smallest absolute Gasteiger partial charge is 0.327 e. The number of aromatic nitrogens is 3. The molecular formula is C20H16BrN5O2. The maximum absolute atomic E-state index is 12.4. The van der Waals surface area contributed by atoms with Crippen molar-refractivity contribution in [2.24, 2.45) is 0 Å². The van der Waals surface area contributed by atoms with Gasteiger partial charge in [0.1, 0.15) is 0 Å². The molecule has 0 unspecified atom stereocenters. The molecule has 2 aromatic carbocycles. The number of nitrogens with two attached hydrogens (primary N) is 1. The molecule has 2 heterocycles. The Kier molecular flexibility index (Phi) is 4.70. The second-order valence-electron chi connectivity index (χ2n) is 6.28. The Balaban J connectivity index is 1.54. The number of aromatic amines is 1. The lowest BCUT2D eigenvalue weighted by atomic mass is 10.1. The number of anilines is 2. The Labute approximate surface area is 168 Å². The molecule has 0 radical (unpaired) electrons. The Hall–Kier alpha value is -3.39. The predicted octanol–water partition coefficient (Wildman–Crippen LogP) is 3.37. The standard InChI is InChI=1S/C20H16BrN5O2/c21-14-9-17-18(23-10-14)26(20(28)25-17)11-12-5-7-13(8-6-12)19(27)24-16-4-2-1-3-15(16)22/h1-10H,11,22H2,(H,24,27)(H,25,28). The molecule has 0 aliphatic rings. The average Bonchev–Trinajstić information content (AvgIpc) is 2.98. The summed E-state index contributed by atoms with van der Waals surface area (Å²) in [5.74, 6) is -0.250. The highest BCUT2D eigenvalue weighted by atomic mass is 79.9. The summed E-state index contributed by atoms with van der Waals surface area (Å²) < 4.78 is 2.35. The van der Waals surface area contributed by atoms with E-state index in [4.69, 9.17) is 5.73 Å². The van der Waals surface area contributed by atoms with Gasteiger partial charge in [-0.3, -0.25) is 9.36 Å². The Morgan fingerprint density at radius 1 is 1.18 bits per heavy atom. The molecule has 0 bridgehead atoms. The quantitative estimate of drug-likeness (QED) is 0.425. The molecule has 7 nitrogen and oxygen atoms in total. The third-order valence-electron chi connectivity index (χ3n) is 4.34. The zero-order chi connectivity index (χ0) is 19.7. The van der Waals surface area contributed by atoms with Crippen molar-refractivity contribution >= 4 is 44.4 Å². The van der Waals surface area contributed by atoms with E-state index in [2.05, 4.69) is 31.2 Å². The van der Waals surface area contributed by atoms with E-state index in [1.54, 1.807) is 47.2 Å². The van der Waals surface area contributed by atoms with Crippen molar-refractivity contribution in [2.75, 3.05) is 11.1 Å². The van der Waals surface area contributed by atoms with Crippen molar-refractivity contribution in [3.63, 3.8) is 0 Å². The summed E-state index contributed by atoms with van der Waals surface area (Å²) >= 11 is 3.34. The van der Waals surface area contributed by atoms with Crippen LogP contribution in [0.15, 0.2) is 70.1 Å². The summed E-state index contributed by atoms with van der Waals surface area (Å²) in [6.07, 6.45) is 1.65. The zero-order valence-corrected chi connectivity index (χ0v) is 16.2. The number of amides is 1. The first-order valence-corrected chi connectivity index (χ1v) is 9.29. The monoisotopic (exact) mass is 437 g/mol. The highest BCUT2D eigenvalue weighted by Crippen LogP contribution is 2.19. The Morgan fingerprint density at radius 3 is 2.68 bits per heavy atom. The van der Waals surface area contributed by atoms with Gasteiger partial charge >= 0.3 is 5.69 Å². The highest BCUT2D eigenvalue weighted by Gasteiger charge is 2.11. The summed E-state index contributed by atoms with van der Waals surface area (Å²) in [4.78, 5) is 31.8. The first-order valence-electron chi connectivity index (χ1n) is 8.50. The van der Waals surface area contributed by atoms with Gasteiger partial charge in [0, 0.05) is 16.2 Å². The summed E-state index contributed by atoms with van der Waals surface area (Å²) in [6.45, 7) is 0.348. The van der Waals surface area contributed by atoms with Crippen molar-refractivity contribution in [3.8, 4) is 0 Å². The summed E-state index contributed by atoms with van der Waals surface area (Å²) in [5, 5.41) is 2.79. The summed E-state index contributed by atoms with van der Waals surface area (Å²) in [6, 6.07) is 16.0. The fourth-order valence-corrected chi connectivity index (χ4v) is 3.25. The molecule has 0 spiro atoms. The summed E-state index contributed by atoms with van der Waals surface area (Å²) in [5.41, 5.74) is 9.32. The van der Waals surface area contributed by atoms with Gasteiger partial charge in [0.2, 0.25) is 0 Å². The largest absolute Gasteiger partial charge is 0.397 e. The van der Waals surface area contributed by atoms with Crippen LogP contribution in [-0.2, 0) is 6.54 Å². The number of nitrogens with zero attached hydrogens (tertiary/aromatic N) is 2. The van der Waals surface area contributed by atoms with E-state index in [-0.39, 0.29) is 11.6 Å². The number of rotatable bonds is 4. The lowest BCUT2D eigenvalue weighted by Crippen LogP contribution is -2.18. The topological polar surface area (TPSA) is 106 Å². The van der Waals surface area contributed by atoms with Gasteiger partial charge in [-0.25, -0.2) is 9.78 Å². The molecule has 0 saturated carbocycles. The number of benzene rings is 2. The van der Waals surface area contributed by atoms with Crippen LogP contribution in [0, 0.1) is 0 Å². The number of hydrogen-bond acceptors (Lipinski definition) is 4. The number of carbonyl (C=O) groups is 1. The Morgan fingerprint density at radius 2 is 1.93 bits per heavy atom. The van der Waals surface area contributed by atoms with Crippen LogP contribution in [-0.4, -0.2) is 20.4 Å². The van der Waals surface area contributed by atoms with Gasteiger partial charge < -0.3 is 16.0 Å². The van der Waals surface area contributed by atoms with Crippen molar-refractivity contribution in [2.45, 2.75) is 6.54 Å². The second-order valence-corrected chi connectivity index (χ2v) is 7.19. The van der Waals surface area contributed by atoms with Gasteiger partial charge in [-0.2, -0.15) is 0 Å². The zero-order valence-electron chi connectivity index (χ0n) is 14.6. The molecule has 0 atom stereocenters. The molecule has 4 aromatic rings. The molecule has 8 heteroatoms. The average molecular weight is 438 g/mol. The van der Waals surface area contributed by atoms with Gasteiger partial charge in [-0.05, 0) is 51.8 Å². The van der Waals surface area contributed by atoms with Crippen LogP contribution in [0.4, 0.5) is 11.4 Å². The highest BCUT2D eigenvalue weighted by molar-refractivity contribution is 9.10. The molecule has 0 aliphatic heterocycles. The maximum Gasteiger partial charge on any atom is 0.327 e. The molecular weight excluding hydrogens is 422 g/mol. The number of H-pyrrole nitrogens is 1. The number of carbonyl (C=O) groups excluding carboxylic acids is 1. The van der Waals surface area contributed by atoms with Crippen LogP contribution >= 0.6 is 15.9 Å². The molecule has 140 valence electrons. The first kappa shape index (κ1) is 18.0. The molecule has 0 aliphatic carbocycles. The molecule has 4 rings (SSSR count). The minimum absolute atomic E-state index is 0.234. The molecule has 4 N–H and O–H groups in total. The van der Waals surface area contributed by atoms with Crippen LogP contribution in [0.25, 0.3) is 11.2 Å². The number of hydrogen-bond donors (Lipinski definition) is 3. The van der Waals surface area contributed by atoms with E-state index >= 15 is 0 Å². The van der Waals surface area contributed by atoms with Crippen molar-refractivity contribution in [3.05, 3.63) is 86.9 Å². The van der Waals surface area contributed by atoms with Crippen LogP contribution in [0.1, 0.15) is 15.9 Å². The third-order valence-corrected chi connectivity index (χ3v) is 4.78. The fourth-order valence-electron chi connectivity index (χ4n) is 2.91. The second kappa shape index (κ2) is 7.32. The van der Waals surface area contributed by atoms with E-state index in [1.165, 1.54) is 0 Å². The van der Waals surface area contributed by atoms with Crippen molar-refractivity contribution in [1.82, 2.24) is 14.5 Å². The van der Waals surface area contributed by atoms with Crippen LogP contribution in [0.3, 0.4) is 0 Å². The minimum atomic E-state index is -0.250. The van der Waals surface area contributed by atoms with Crippen molar-refractivity contribution in [1.29, 1.82) is 0 Å². The number of fused-ring (bicyclic) bond motifs is 1. The minimum Gasteiger partial charge on any atom is -0.397 e. The number of para-hydroxylation sites is 2. The first-order chi connectivity index (χ1) is 13.5. The van der Waals surface area contributed by atoms with Crippen molar-refractivity contribution < 1.29 is 4.79 Å².